The van der Waals surface area contributed by atoms with Crippen molar-refractivity contribution in [2.24, 2.45) is 11.3 Å². The molecular formula is C13H27N. The van der Waals surface area contributed by atoms with E-state index in [-0.39, 0.29) is 0 Å². The molecule has 1 unspecified atom stereocenters. The molecule has 0 aromatic heterocycles. The Labute approximate surface area is 89.9 Å². The van der Waals surface area contributed by atoms with Crippen LogP contribution in [0.15, 0.2) is 0 Å². The predicted octanol–water partition coefficient (Wildman–Crippen LogP) is 3.54. The van der Waals surface area contributed by atoms with Gasteiger partial charge in [-0.1, -0.05) is 40.5 Å². The van der Waals surface area contributed by atoms with Gasteiger partial charge in [0.25, 0.3) is 0 Å². The Morgan fingerprint density at radius 1 is 1.21 bits per heavy atom. The molecule has 1 aliphatic rings. The van der Waals surface area contributed by atoms with Gasteiger partial charge in [-0.15, -0.1) is 0 Å². The van der Waals surface area contributed by atoms with Crippen LogP contribution in [-0.4, -0.2) is 24.5 Å². The Balaban J connectivity index is 2.40. The summed E-state index contributed by atoms with van der Waals surface area (Å²) in [6, 6.07) is 0. The molecule has 0 radical (unpaired) electrons. The first-order chi connectivity index (χ1) is 6.60. The van der Waals surface area contributed by atoms with E-state index in [0.29, 0.717) is 5.41 Å². The van der Waals surface area contributed by atoms with Crippen molar-refractivity contribution in [2.75, 3.05) is 19.6 Å². The van der Waals surface area contributed by atoms with E-state index in [4.69, 9.17) is 0 Å². The van der Waals surface area contributed by atoms with Gasteiger partial charge in [-0.3, -0.25) is 0 Å². The number of unbranched alkanes of at least 4 members (excludes halogenated alkanes) is 1. The van der Waals surface area contributed by atoms with Gasteiger partial charge in [0, 0.05) is 13.1 Å². The molecule has 0 saturated carbocycles. The summed E-state index contributed by atoms with van der Waals surface area (Å²) in [5.74, 6) is 0.935. The lowest BCUT2D eigenvalue weighted by atomic mass is 9.80. The monoisotopic (exact) mass is 197 g/mol. The van der Waals surface area contributed by atoms with Gasteiger partial charge < -0.3 is 4.90 Å². The number of hydrogen-bond acceptors (Lipinski definition) is 1. The van der Waals surface area contributed by atoms with E-state index in [9.17, 15) is 0 Å². The molecular weight excluding hydrogens is 170 g/mol. The molecule has 0 aliphatic carbocycles. The largest absolute Gasteiger partial charge is 0.302 e. The first-order valence-electron chi connectivity index (χ1n) is 6.32. The molecule has 1 saturated heterocycles. The second-order valence-electron chi connectivity index (χ2n) is 5.56. The molecule has 0 bridgehead atoms. The Bertz CT molecular complexity index is 163. The van der Waals surface area contributed by atoms with Crippen LogP contribution < -0.4 is 0 Å². The topological polar surface area (TPSA) is 3.24 Å². The summed E-state index contributed by atoms with van der Waals surface area (Å²) in [5, 5.41) is 0. The van der Waals surface area contributed by atoms with Crippen molar-refractivity contribution in [1.29, 1.82) is 0 Å². The second kappa shape index (κ2) is 5.16. The molecule has 1 aliphatic heterocycles. The fourth-order valence-corrected chi connectivity index (χ4v) is 2.71. The third-order valence-electron chi connectivity index (χ3n) is 3.68. The van der Waals surface area contributed by atoms with E-state index < -0.39 is 0 Å². The Morgan fingerprint density at radius 3 is 2.50 bits per heavy atom. The van der Waals surface area contributed by atoms with Crippen LogP contribution in [0.2, 0.25) is 0 Å². The Kier molecular flexibility index (Phi) is 4.43. The maximum atomic E-state index is 2.67. The smallest absolute Gasteiger partial charge is 0.00359 e. The SMILES string of the molecule is CCCCN1CC(CCC)C(C)(C)C1. The summed E-state index contributed by atoms with van der Waals surface area (Å²) < 4.78 is 0. The third kappa shape index (κ3) is 2.98. The highest BCUT2D eigenvalue weighted by Crippen LogP contribution is 2.37. The predicted molar refractivity (Wildman–Crippen MR) is 63.5 cm³/mol. The molecule has 1 heteroatoms. The van der Waals surface area contributed by atoms with Crippen LogP contribution >= 0.6 is 0 Å². The van der Waals surface area contributed by atoms with Gasteiger partial charge in [-0.2, -0.15) is 0 Å². The second-order valence-corrected chi connectivity index (χ2v) is 5.56. The van der Waals surface area contributed by atoms with Crippen molar-refractivity contribution in [3.05, 3.63) is 0 Å². The van der Waals surface area contributed by atoms with Crippen molar-refractivity contribution >= 4 is 0 Å². The van der Waals surface area contributed by atoms with Crippen molar-refractivity contribution < 1.29 is 0 Å². The van der Waals surface area contributed by atoms with Crippen LogP contribution in [-0.2, 0) is 0 Å². The summed E-state index contributed by atoms with van der Waals surface area (Å²) in [4.78, 5) is 2.67. The van der Waals surface area contributed by atoms with Gasteiger partial charge in [0.15, 0.2) is 0 Å². The fourth-order valence-electron chi connectivity index (χ4n) is 2.71. The molecule has 1 heterocycles. The van der Waals surface area contributed by atoms with Crippen LogP contribution in [0, 0.1) is 11.3 Å². The Morgan fingerprint density at radius 2 is 1.93 bits per heavy atom. The summed E-state index contributed by atoms with van der Waals surface area (Å²) in [6.45, 7) is 13.5. The van der Waals surface area contributed by atoms with Gasteiger partial charge in [-0.25, -0.2) is 0 Å². The lowest BCUT2D eigenvalue weighted by Crippen LogP contribution is -2.24. The standard InChI is InChI=1S/C13H27N/c1-5-7-9-14-10-12(8-6-2)13(3,4)11-14/h12H,5-11H2,1-4H3. The molecule has 0 aromatic carbocycles. The van der Waals surface area contributed by atoms with Gasteiger partial charge in [0.05, 0.1) is 0 Å². The number of rotatable bonds is 5. The number of likely N-dealkylation sites (tertiary alicyclic amines) is 1. The molecule has 0 spiro atoms. The zero-order valence-corrected chi connectivity index (χ0v) is 10.5. The minimum Gasteiger partial charge on any atom is -0.302 e. The normalized spacial score (nSPS) is 27.0. The Hall–Kier alpha value is -0.0400. The summed E-state index contributed by atoms with van der Waals surface area (Å²) >= 11 is 0. The van der Waals surface area contributed by atoms with Gasteiger partial charge in [-0.05, 0) is 30.7 Å². The highest BCUT2D eigenvalue weighted by Gasteiger charge is 2.37. The quantitative estimate of drug-likeness (QED) is 0.651. The molecule has 14 heavy (non-hydrogen) atoms. The van der Waals surface area contributed by atoms with Crippen LogP contribution in [0.1, 0.15) is 53.4 Å². The summed E-state index contributed by atoms with van der Waals surface area (Å²) in [6.07, 6.45) is 5.45. The maximum Gasteiger partial charge on any atom is 0.00359 e. The van der Waals surface area contributed by atoms with Crippen LogP contribution in [0.25, 0.3) is 0 Å². The van der Waals surface area contributed by atoms with E-state index in [2.05, 4.69) is 32.6 Å². The first-order valence-corrected chi connectivity index (χ1v) is 6.32. The van der Waals surface area contributed by atoms with Crippen molar-refractivity contribution in [1.82, 2.24) is 4.90 Å². The van der Waals surface area contributed by atoms with Crippen molar-refractivity contribution in [3.8, 4) is 0 Å². The highest BCUT2D eigenvalue weighted by atomic mass is 15.2. The third-order valence-corrected chi connectivity index (χ3v) is 3.68. The zero-order chi connectivity index (χ0) is 10.6. The van der Waals surface area contributed by atoms with Crippen LogP contribution in [0.5, 0.6) is 0 Å². The molecule has 1 atom stereocenters. The fraction of sp³-hybridized carbons (Fsp3) is 1.00. The van der Waals surface area contributed by atoms with E-state index >= 15 is 0 Å². The van der Waals surface area contributed by atoms with E-state index in [1.54, 1.807) is 0 Å². The molecule has 1 nitrogen and oxygen atoms in total. The van der Waals surface area contributed by atoms with Crippen molar-refractivity contribution in [3.63, 3.8) is 0 Å². The minimum absolute atomic E-state index is 0.559. The molecule has 1 rings (SSSR count). The lowest BCUT2D eigenvalue weighted by molar-refractivity contribution is 0.261. The van der Waals surface area contributed by atoms with E-state index in [1.165, 1.54) is 45.3 Å². The van der Waals surface area contributed by atoms with Gasteiger partial charge >= 0.3 is 0 Å². The zero-order valence-electron chi connectivity index (χ0n) is 10.5. The number of nitrogens with zero attached hydrogens (tertiary/aromatic N) is 1. The van der Waals surface area contributed by atoms with Crippen LogP contribution in [0.3, 0.4) is 0 Å². The molecule has 84 valence electrons. The highest BCUT2D eigenvalue weighted by molar-refractivity contribution is 4.90. The van der Waals surface area contributed by atoms with Crippen molar-refractivity contribution in [2.45, 2.75) is 53.4 Å². The van der Waals surface area contributed by atoms with Crippen LogP contribution in [0.4, 0.5) is 0 Å². The first kappa shape index (κ1) is 12.0. The molecule has 0 N–H and O–H groups in total. The van der Waals surface area contributed by atoms with E-state index in [0.717, 1.165) is 5.92 Å². The van der Waals surface area contributed by atoms with E-state index in [1.807, 2.05) is 0 Å². The molecule has 0 aromatic rings. The summed E-state index contributed by atoms with van der Waals surface area (Å²) in [5.41, 5.74) is 0.559. The average Bonchev–Trinajstić information content (AvgIpc) is 2.39. The van der Waals surface area contributed by atoms with Gasteiger partial charge in [0.1, 0.15) is 0 Å². The minimum atomic E-state index is 0.559. The molecule has 0 amide bonds. The maximum absolute atomic E-state index is 2.67. The average molecular weight is 197 g/mol. The van der Waals surface area contributed by atoms with Gasteiger partial charge in [0.2, 0.25) is 0 Å². The summed E-state index contributed by atoms with van der Waals surface area (Å²) in [7, 11) is 0. The lowest BCUT2D eigenvalue weighted by Gasteiger charge is -2.25. The molecule has 1 fully saturated rings. The number of hydrogen-bond donors (Lipinski definition) is 0.